The predicted octanol–water partition coefficient (Wildman–Crippen LogP) is 3.67. The van der Waals surface area contributed by atoms with Gasteiger partial charge >= 0.3 is 0 Å². The number of amides is 1. The molecule has 0 spiro atoms. The van der Waals surface area contributed by atoms with Gasteiger partial charge in [-0.05, 0) is 37.5 Å². The second-order valence-electron chi connectivity index (χ2n) is 6.64. The van der Waals surface area contributed by atoms with Crippen molar-refractivity contribution in [2.45, 2.75) is 40.0 Å². The molecule has 2 rings (SSSR count). The molecule has 4 heteroatoms. The van der Waals surface area contributed by atoms with Crippen LogP contribution < -0.4 is 15.0 Å². The van der Waals surface area contributed by atoms with Gasteiger partial charge in [-0.15, -0.1) is 0 Å². The van der Waals surface area contributed by atoms with E-state index in [0.29, 0.717) is 5.75 Å². The van der Waals surface area contributed by atoms with E-state index in [4.69, 9.17) is 4.74 Å². The number of hydrogen-bond acceptors (Lipinski definition) is 3. The van der Waals surface area contributed by atoms with Crippen molar-refractivity contribution in [3.05, 3.63) is 18.2 Å². The molecule has 21 heavy (non-hydrogen) atoms. The number of anilines is 2. The molecule has 0 aliphatic carbocycles. The Morgan fingerprint density at radius 2 is 1.86 bits per heavy atom. The molecule has 0 saturated carbocycles. The van der Waals surface area contributed by atoms with Crippen molar-refractivity contribution in [3.63, 3.8) is 0 Å². The molecule has 1 aromatic carbocycles. The third kappa shape index (κ3) is 3.90. The van der Waals surface area contributed by atoms with Crippen molar-refractivity contribution in [2.24, 2.45) is 5.41 Å². The fraction of sp³-hybridized carbons (Fsp3) is 0.588. The van der Waals surface area contributed by atoms with Gasteiger partial charge in [-0.2, -0.15) is 0 Å². The lowest BCUT2D eigenvalue weighted by Gasteiger charge is -2.29. The molecule has 1 aliphatic heterocycles. The van der Waals surface area contributed by atoms with Crippen LogP contribution >= 0.6 is 0 Å². The van der Waals surface area contributed by atoms with Crippen LogP contribution in [0.25, 0.3) is 0 Å². The lowest BCUT2D eigenvalue weighted by atomic mass is 9.95. The number of nitrogens with one attached hydrogen (secondary N) is 1. The normalized spacial score (nSPS) is 15.7. The molecule has 0 unspecified atom stereocenters. The predicted molar refractivity (Wildman–Crippen MR) is 87.1 cm³/mol. The number of carbonyl (C=O) groups excluding carboxylic acids is 1. The van der Waals surface area contributed by atoms with E-state index >= 15 is 0 Å². The Morgan fingerprint density at radius 1 is 1.19 bits per heavy atom. The minimum atomic E-state index is -0.424. The molecule has 0 aromatic heterocycles. The van der Waals surface area contributed by atoms with Crippen molar-refractivity contribution in [1.82, 2.24) is 0 Å². The van der Waals surface area contributed by atoms with E-state index in [9.17, 15) is 4.79 Å². The molecule has 0 bridgehead atoms. The third-order valence-corrected chi connectivity index (χ3v) is 3.83. The minimum absolute atomic E-state index is 0.00315. The Balaban J connectivity index is 2.23. The fourth-order valence-corrected chi connectivity index (χ4v) is 2.45. The molecule has 1 saturated heterocycles. The maximum atomic E-state index is 12.2. The zero-order valence-electron chi connectivity index (χ0n) is 13.5. The van der Waals surface area contributed by atoms with E-state index in [1.165, 1.54) is 19.3 Å². The van der Waals surface area contributed by atoms with Crippen molar-refractivity contribution < 1.29 is 9.53 Å². The standard InChI is InChI=1S/C17H26N2O2/c1-17(2,3)16(20)18-14-12-13(8-9-15(14)21-4)19-10-6-5-7-11-19/h8-9,12H,5-7,10-11H2,1-4H3,(H,18,20). The number of hydrogen-bond donors (Lipinski definition) is 1. The van der Waals surface area contributed by atoms with Gasteiger partial charge in [0, 0.05) is 24.2 Å². The Bertz CT molecular complexity index is 500. The first-order valence-corrected chi connectivity index (χ1v) is 7.66. The first-order valence-electron chi connectivity index (χ1n) is 7.66. The Morgan fingerprint density at radius 3 is 2.43 bits per heavy atom. The third-order valence-electron chi connectivity index (χ3n) is 3.83. The number of ether oxygens (including phenoxy) is 1. The highest BCUT2D eigenvalue weighted by atomic mass is 16.5. The number of methoxy groups -OCH3 is 1. The topological polar surface area (TPSA) is 41.6 Å². The van der Waals surface area contributed by atoms with Gasteiger partial charge in [0.2, 0.25) is 5.91 Å². The smallest absolute Gasteiger partial charge is 0.229 e. The average Bonchev–Trinajstić information content (AvgIpc) is 2.47. The van der Waals surface area contributed by atoms with E-state index in [1.54, 1.807) is 7.11 Å². The van der Waals surface area contributed by atoms with E-state index in [-0.39, 0.29) is 5.91 Å². The van der Waals surface area contributed by atoms with Crippen LogP contribution in [-0.4, -0.2) is 26.1 Å². The SMILES string of the molecule is COc1ccc(N2CCCCC2)cc1NC(=O)C(C)(C)C. The van der Waals surface area contributed by atoms with Gasteiger partial charge in [-0.1, -0.05) is 20.8 Å². The van der Waals surface area contributed by atoms with Crippen LogP contribution in [0.5, 0.6) is 5.75 Å². The minimum Gasteiger partial charge on any atom is -0.495 e. The summed E-state index contributed by atoms with van der Waals surface area (Å²) in [7, 11) is 1.63. The first kappa shape index (κ1) is 15.7. The molecule has 1 heterocycles. The maximum absolute atomic E-state index is 12.2. The Kier molecular flexibility index (Phi) is 4.76. The van der Waals surface area contributed by atoms with Crippen molar-refractivity contribution in [3.8, 4) is 5.75 Å². The summed E-state index contributed by atoms with van der Waals surface area (Å²) in [5.74, 6) is 0.699. The number of nitrogens with zero attached hydrogens (tertiary/aromatic N) is 1. The highest BCUT2D eigenvalue weighted by Gasteiger charge is 2.23. The summed E-state index contributed by atoms with van der Waals surface area (Å²) in [6.07, 6.45) is 3.77. The van der Waals surface area contributed by atoms with Crippen molar-refractivity contribution >= 4 is 17.3 Å². The summed E-state index contributed by atoms with van der Waals surface area (Å²) in [6.45, 7) is 7.88. The Hall–Kier alpha value is -1.71. The monoisotopic (exact) mass is 290 g/mol. The molecule has 1 amide bonds. The van der Waals surface area contributed by atoms with E-state index in [1.807, 2.05) is 32.9 Å². The van der Waals surface area contributed by atoms with Gasteiger partial charge in [0.15, 0.2) is 0 Å². The number of piperidine rings is 1. The zero-order chi connectivity index (χ0) is 15.5. The molecule has 1 aliphatic rings. The molecular weight excluding hydrogens is 264 g/mol. The molecule has 1 fully saturated rings. The molecule has 0 radical (unpaired) electrons. The van der Waals surface area contributed by atoms with Gasteiger partial charge in [0.05, 0.1) is 12.8 Å². The summed E-state index contributed by atoms with van der Waals surface area (Å²) >= 11 is 0. The zero-order valence-corrected chi connectivity index (χ0v) is 13.5. The van der Waals surface area contributed by atoms with Crippen molar-refractivity contribution in [1.29, 1.82) is 0 Å². The van der Waals surface area contributed by atoms with Crippen LogP contribution in [0.15, 0.2) is 18.2 Å². The number of rotatable bonds is 3. The molecule has 1 aromatic rings. The van der Waals surface area contributed by atoms with Gasteiger partial charge in [0.1, 0.15) is 5.75 Å². The molecular formula is C17H26N2O2. The summed E-state index contributed by atoms with van der Waals surface area (Å²) in [5, 5.41) is 2.99. The van der Waals surface area contributed by atoms with Gasteiger partial charge in [-0.3, -0.25) is 4.79 Å². The maximum Gasteiger partial charge on any atom is 0.229 e. The second kappa shape index (κ2) is 6.37. The fourth-order valence-electron chi connectivity index (χ4n) is 2.45. The average molecular weight is 290 g/mol. The highest BCUT2D eigenvalue weighted by Crippen LogP contribution is 2.32. The van der Waals surface area contributed by atoms with Crippen molar-refractivity contribution in [2.75, 3.05) is 30.4 Å². The quantitative estimate of drug-likeness (QED) is 0.923. The second-order valence-corrected chi connectivity index (χ2v) is 6.64. The van der Waals surface area contributed by atoms with Gasteiger partial charge in [0.25, 0.3) is 0 Å². The lowest BCUT2D eigenvalue weighted by Crippen LogP contribution is -2.30. The van der Waals surface area contributed by atoms with Crippen LogP contribution in [-0.2, 0) is 4.79 Å². The van der Waals surface area contributed by atoms with Crippen LogP contribution in [0, 0.1) is 5.41 Å². The largest absolute Gasteiger partial charge is 0.495 e. The van der Waals surface area contributed by atoms with Crippen LogP contribution in [0.3, 0.4) is 0 Å². The molecule has 4 nitrogen and oxygen atoms in total. The summed E-state index contributed by atoms with van der Waals surface area (Å²) in [4.78, 5) is 14.6. The summed E-state index contributed by atoms with van der Waals surface area (Å²) in [6, 6.07) is 6.02. The molecule has 116 valence electrons. The first-order chi connectivity index (χ1) is 9.91. The Labute approximate surface area is 127 Å². The van der Waals surface area contributed by atoms with Crippen LogP contribution in [0.1, 0.15) is 40.0 Å². The van der Waals surface area contributed by atoms with Crippen LogP contribution in [0.4, 0.5) is 11.4 Å². The highest BCUT2D eigenvalue weighted by molar-refractivity contribution is 5.96. The van der Waals surface area contributed by atoms with Gasteiger partial charge in [-0.25, -0.2) is 0 Å². The summed E-state index contributed by atoms with van der Waals surface area (Å²) < 4.78 is 5.37. The molecule has 1 N–H and O–H groups in total. The summed E-state index contributed by atoms with van der Waals surface area (Å²) in [5.41, 5.74) is 1.48. The number of benzene rings is 1. The van der Waals surface area contributed by atoms with Crippen LogP contribution in [0.2, 0.25) is 0 Å². The van der Waals surface area contributed by atoms with Gasteiger partial charge < -0.3 is 15.0 Å². The number of carbonyl (C=O) groups is 1. The van der Waals surface area contributed by atoms with E-state index < -0.39 is 5.41 Å². The molecule has 0 atom stereocenters. The van der Waals surface area contributed by atoms with E-state index in [0.717, 1.165) is 24.5 Å². The lowest BCUT2D eigenvalue weighted by molar-refractivity contribution is -0.123. The van der Waals surface area contributed by atoms with E-state index in [2.05, 4.69) is 16.3 Å².